The lowest BCUT2D eigenvalue weighted by Crippen LogP contribution is -2.29. The maximum atomic E-state index is 12.4. The highest BCUT2D eigenvalue weighted by molar-refractivity contribution is 5.82. The van der Waals surface area contributed by atoms with E-state index in [2.05, 4.69) is 20.0 Å². The van der Waals surface area contributed by atoms with Gasteiger partial charge in [-0.15, -0.1) is 13.2 Å². The maximum Gasteiger partial charge on any atom is 0.573 e. The minimum Gasteiger partial charge on any atom is -0.496 e. The van der Waals surface area contributed by atoms with Crippen molar-refractivity contribution in [1.29, 1.82) is 0 Å². The Kier molecular flexibility index (Phi) is 6.75. The Labute approximate surface area is 188 Å². The van der Waals surface area contributed by atoms with Crippen molar-refractivity contribution in [2.24, 2.45) is 0 Å². The number of carbonyl (C=O) groups is 1. The van der Waals surface area contributed by atoms with E-state index in [-0.39, 0.29) is 18.2 Å². The predicted molar refractivity (Wildman–Crippen MR) is 115 cm³/mol. The second-order valence-corrected chi connectivity index (χ2v) is 7.69. The average Bonchev–Trinajstić information content (AvgIpc) is 2.76. The summed E-state index contributed by atoms with van der Waals surface area (Å²) in [7, 11) is 1.48. The molecule has 0 atom stereocenters. The van der Waals surface area contributed by atoms with Crippen LogP contribution in [0.25, 0.3) is 11.1 Å². The van der Waals surface area contributed by atoms with Crippen LogP contribution in [0.4, 0.5) is 19.1 Å². The number of carboxylic acids is 1. The van der Waals surface area contributed by atoms with Gasteiger partial charge in [0.1, 0.15) is 11.5 Å². The molecule has 0 aliphatic carbocycles. The number of methoxy groups -OCH3 is 1. The first-order valence-corrected chi connectivity index (χ1v) is 9.82. The molecule has 0 radical (unpaired) electrons. The lowest BCUT2D eigenvalue weighted by Gasteiger charge is -2.23. The van der Waals surface area contributed by atoms with E-state index in [9.17, 15) is 23.1 Å². The van der Waals surface area contributed by atoms with Crippen molar-refractivity contribution in [1.82, 2.24) is 9.97 Å². The molecule has 7 nitrogen and oxygen atoms in total. The summed E-state index contributed by atoms with van der Waals surface area (Å²) in [5.41, 5.74) is 1.27. The van der Waals surface area contributed by atoms with Crippen LogP contribution >= 0.6 is 0 Å². The number of hydrogen-bond donors (Lipinski definition) is 2. The maximum absolute atomic E-state index is 12.4. The number of aliphatic carboxylic acids is 1. The van der Waals surface area contributed by atoms with Crippen LogP contribution in [0.2, 0.25) is 0 Å². The Morgan fingerprint density at radius 1 is 1.06 bits per heavy atom. The van der Waals surface area contributed by atoms with E-state index < -0.39 is 17.7 Å². The molecule has 3 aromatic rings. The van der Waals surface area contributed by atoms with Crippen molar-refractivity contribution in [3.8, 4) is 22.6 Å². The molecule has 0 saturated carbocycles. The number of aromatic nitrogens is 2. The summed E-state index contributed by atoms with van der Waals surface area (Å²) in [6, 6.07) is 10.8. The van der Waals surface area contributed by atoms with Crippen LogP contribution in [-0.2, 0) is 16.8 Å². The van der Waals surface area contributed by atoms with Gasteiger partial charge in [-0.3, -0.25) is 4.79 Å². The first-order valence-electron chi connectivity index (χ1n) is 9.82. The third kappa shape index (κ3) is 5.91. The lowest BCUT2D eigenvalue weighted by atomic mass is 9.83. The third-order valence-electron chi connectivity index (χ3n) is 4.98. The molecular formula is C23H22F3N3O4. The van der Waals surface area contributed by atoms with Crippen molar-refractivity contribution in [3.05, 3.63) is 66.0 Å². The summed E-state index contributed by atoms with van der Waals surface area (Å²) in [6.07, 6.45) is -1.62. The smallest absolute Gasteiger partial charge is 0.496 e. The number of nitrogens with zero attached hydrogens (tertiary/aromatic N) is 2. The summed E-state index contributed by atoms with van der Waals surface area (Å²) in [6.45, 7) is 3.37. The van der Waals surface area contributed by atoms with E-state index in [0.29, 0.717) is 28.0 Å². The first kappa shape index (κ1) is 23.8. The van der Waals surface area contributed by atoms with Crippen LogP contribution in [-0.4, -0.2) is 34.5 Å². The first-order chi connectivity index (χ1) is 15.5. The van der Waals surface area contributed by atoms with E-state index in [1.165, 1.54) is 25.3 Å². The topological polar surface area (TPSA) is 93.6 Å². The van der Waals surface area contributed by atoms with Crippen molar-refractivity contribution >= 4 is 11.9 Å². The summed E-state index contributed by atoms with van der Waals surface area (Å²) >= 11 is 0. The third-order valence-corrected chi connectivity index (χ3v) is 4.98. The Hall–Kier alpha value is -3.82. The van der Waals surface area contributed by atoms with E-state index in [1.807, 2.05) is 0 Å². The van der Waals surface area contributed by atoms with Gasteiger partial charge in [0.15, 0.2) is 0 Å². The fourth-order valence-electron chi connectivity index (χ4n) is 3.09. The van der Waals surface area contributed by atoms with Gasteiger partial charge in [0.2, 0.25) is 5.95 Å². The minimum absolute atomic E-state index is 0.188. The standard InChI is InChI=1S/C23H22F3N3O4/c1-22(2,20(30)31)18-10-15(7-8-19(18)32-3)16-12-28-21(29-13-16)27-11-14-5-4-6-17(9-14)33-23(24,25)26/h4-10,12-13H,11H2,1-3H3,(H,30,31)(H,27,28,29). The molecule has 0 amide bonds. The number of alkyl halides is 3. The van der Waals surface area contributed by atoms with Gasteiger partial charge in [0.05, 0.1) is 12.5 Å². The van der Waals surface area contributed by atoms with Crippen LogP contribution in [0.5, 0.6) is 11.5 Å². The Morgan fingerprint density at radius 3 is 2.36 bits per heavy atom. The van der Waals surface area contributed by atoms with Crippen LogP contribution in [0.15, 0.2) is 54.9 Å². The SMILES string of the molecule is COc1ccc(-c2cnc(NCc3cccc(OC(F)(F)F)c3)nc2)cc1C(C)(C)C(=O)O. The van der Waals surface area contributed by atoms with Crippen molar-refractivity contribution in [2.75, 3.05) is 12.4 Å². The zero-order valence-electron chi connectivity index (χ0n) is 18.1. The van der Waals surface area contributed by atoms with Crippen molar-refractivity contribution in [3.63, 3.8) is 0 Å². The fourth-order valence-corrected chi connectivity index (χ4v) is 3.09. The van der Waals surface area contributed by atoms with Crippen LogP contribution < -0.4 is 14.8 Å². The molecule has 33 heavy (non-hydrogen) atoms. The highest BCUT2D eigenvalue weighted by Gasteiger charge is 2.33. The molecule has 0 bridgehead atoms. The van der Waals surface area contributed by atoms with Gasteiger partial charge < -0.3 is 19.9 Å². The largest absolute Gasteiger partial charge is 0.573 e. The number of carboxylic acid groups (broad SMARTS) is 1. The van der Waals surface area contributed by atoms with Crippen molar-refractivity contribution < 1.29 is 32.5 Å². The molecule has 0 aliphatic heterocycles. The quantitative estimate of drug-likeness (QED) is 0.486. The molecule has 2 N–H and O–H groups in total. The number of halogens is 3. The molecule has 1 aromatic heterocycles. The highest BCUT2D eigenvalue weighted by atomic mass is 19.4. The molecule has 0 spiro atoms. The minimum atomic E-state index is -4.76. The van der Waals surface area contributed by atoms with Gasteiger partial charge in [-0.2, -0.15) is 0 Å². The van der Waals surface area contributed by atoms with Crippen LogP contribution in [0.3, 0.4) is 0 Å². The number of nitrogens with one attached hydrogen (secondary N) is 1. The number of rotatable bonds is 8. The number of hydrogen-bond acceptors (Lipinski definition) is 6. The molecule has 0 unspecified atom stereocenters. The molecule has 0 aliphatic rings. The summed E-state index contributed by atoms with van der Waals surface area (Å²) in [5.74, 6) is -0.557. The molecule has 2 aromatic carbocycles. The molecule has 10 heteroatoms. The van der Waals surface area contributed by atoms with Crippen LogP contribution in [0, 0.1) is 0 Å². The summed E-state index contributed by atoms with van der Waals surface area (Å²) in [5, 5.41) is 12.5. The molecule has 0 fully saturated rings. The van der Waals surface area contributed by atoms with Gasteiger partial charge in [-0.25, -0.2) is 9.97 Å². The van der Waals surface area contributed by atoms with E-state index in [0.717, 1.165) is 0 Å². The molecular weight excluding hydrogens is 439 g/mol. The normalized spacial score (nSPS) is 11.7. The summed E-state index contributed by atoms with van der Waals surface area (Å²) in [4.78, 5) is 20.2. The van der Waals surface area contributed by atoms with Gasteiger partial charge in [0, 0.05) is 30.1 Å². The fraction of sp³-hybridized carbons (Fsp3) is 0.261. The zero-order valence-corrected chi connectivity index (χ0v) is 18.1. The van der Waals surface area contributed by atoms with Gasteiger partial charge in [0.25, 0.3) is 0 Å². The molecule has 0 saturated heterocycles. The number of anilines is 1. The molecule has 1 heterocycles. The lowest BCUT2D eigenvalue weighted by molar-refractivity contribution is -0.274. The number of ether oxygens (including phenoxy) is 2. The van der Waals surface area contributed by atoms with Gasteiger partial charge >= 0.3 is 12.3 Å². The van der Waals surface area contributed by atoms with E-state index in [4.69, 9.17) is 4.74 Å². The average molecular weight is 461 g/mol. The highest BCUT2D eigenvalue weighted by Crippen LogP contribution is 2.35. The molecule has 174 valence electrons. The van der Waals surface area contributed by atoms with Crippen LogP contribution in [0.1, 0.15) is 25.0 Å². The zero-order chi connectivity index (χ0) is 24.2. The Balaban J connectivity index is 1.75. The Morgan fingerprint density at radius 2 is 1.76 bits per heavy atom. The van der Waals surface area contributed by atoms with E-state index >= 15 is 0 Å². The van der Waals surface area contributed by atoms with Crippen molar-refractivity contribution in [2.45, 2.75) is 32.2 Å². The van der Waals surface area contributed by atoms with Gasteiger partial charge in [-0.05, 0) is 49.2 Å². The monoisotopic (exact) mass is 461 g/mol. The van der Waals surface area contributed by atoms with E-state index in [1.54, 1.807) is 50.5 Å². The summed E-state index contributed by atoms with van der Waals surface area (Å²) < 4.78 is 46.4. The Bertz CT molecular complexity index is 1130. The predicted octanol–water partition coefficient (Wildman–Crippen LogP) is 5.03. The number of benzene rings is 2. The molecule has 3 rings (SSSR count). The second kappa shape index (κ2) is 9.35. The van der Waals surface area contributed by atoms with Gasteiger partial charge in [-0.1, -0.05) is 18.2 Å². The second-order valence-electron chi connectivity index (χ2n) is 7.69.